The van der Waals surface area contributed by atoms with Crippen LogP contribution in [0.15, 0.2) is 42.5 Å². The summed E-state index contributed by atoms with van der Waals surface area (Å²) >= 11 is 0. The molecule has 1 N–H and O–H groups in total. The highest BCUT2D eigenvalue weighted by Gasteiger charge is 2.15. The number of ether oxygens (including phenoxy) is 1. The molecule has 0 aliphatic carbocycles. The van der Waals surface area contributed by atoms with E-state index in [-0.39, 0.29) is 11.3 Å². The third kappa shape index (κ3) is 3.36. The number of benzene rings is 2. The molecule has 0 radical (unpaired) electrons. The molecule has 21 heavy (non-hydrogen) atoms. The number of hydrogen-bond acceptors (Lipinski definition) is 4. The minimum atomic E-state index is -0.502. The maximum Gasteiger partial charge on any atom is 0.273 e. The molecular formula is C15H14N2O4. The lowest BCUT2D eigenvalue weighted by molar-refractivity contribution is -0.385. The number of hydrogen-bond donors (Lipinski definition) is 1. The number of anilines is 1. The van der Waals surface area contributed by atoms with Gasteiger partial charge in [0.15, 0.2) is 0 Å². The highest BCUT2D eigenvalue weighted by Crippen LogP contribution is 2.21. The Morgan fingerprint density at radius 2 is 2.00 bits per heavy atom. The number of amides is 1. The van der Waals surface area contributed by atoms with E-state index in [2.05, 4.69) is 5.32 Å². The molecule has 2 aromatic carbocycles. The van der Waals surface area contributed by atoms with Gasteiger partial charge in [-0.1, -0.05) is 12.1 Å². The first kappa shape index (κ1) is 14.5. The van der Waals surface area contributed by atoms with E-state index in [0.717, 1.165) is 0 Å². The summed E-state index contributed by atoms with van der Waals surface area (Å²) < 4.78 is 5.07. The second-order valence-electron chi connectivity index (χ2n) is 4.44. The van der Waals surface area contributed by atoms with Crippen LogP contribution in [0.4, 0.5) is 11.4 Å². The Kier molecular flexibility index (Phi) is 4.18. The summed E-state index contributed by atoms with van der Waals surface area (Å²) in [5.41, 5.74) is 1.23. The van der Waals surface area contributed by atoms with Crippen molar-refractivity contribution in [2.45, 2.75) is 6.92 Å². The zero-order chi connectivity index (χ0) is 15.4. The lowest BCUT2D eigenvalue weighted by Gasteiger charge is -2.07. The molecule has 0 saturated carbocycles. The average Bonchev–Trinajstić information content (AvgIpc) is 2.47. The highest BCUT2D eigenvalue weighted by molar-refractivity contribution is 6.04. The van der Waals surface area contributed by atoms with Crippen LogP contribution in [-0.2, 0) is 0 Å². The van der Waals surface area contributed by atoms with Crippen LogP contribution in [0.2, 0.25) is 0 Å². The standard InChI is InChI=1S/C15H14N2O4/c1-10-6-7-11(8-14(10)17(19)20)15(18)16-12-4-3-5-13(9-12)21-2/h3-9H,1-2H3,(H,16,18). The minimum absolute atomic E-state index is 0.0757. The third-order valence-electron chi connectivity index (χ3n) is 3.00. The van der Waals surface area contributed by atoms with Gasteiger partial charge in [0.1, 0.15) is 5.75 Å². The number of carbonyl (C=O) groups is 1. The molecule has 0 atom stereocenters. The summed E-state index contributed by atoms with van der Waals surface area (Å²) in [5, 5.41) is 13.6. The molecule has 6 nitrogen and oxygen atoms in total. The Morgan fingerprint density at radius 3 is 2.67 bits per heavy atom. The van der Waals surface area contributed by atoms with Gasteiger partial charge in [-0.15, -0.1) is 0 Å². The van der Waals surface area contributed by atoms with E-state index in [1.54, 1.807) is 43.3 Å². The highest BCUT2D eigenvalue weighted by atomic mass is 16.6. The van der Waals surface area contributed by atoms with E-state index < -0.39 is 10.8 Å². The van der Waals surface area contributed by atoms with Gasteiger partial charge in [-0.25, -0.2) is 0 Å². The smallest absolute Gasteiger partial charge is 0.273 e. The van der Waals surface area contributed by atoms with Gasteiger partial charge in [-0.05, 0) is 25.1 Å². The van der Waals surface area contributed by atoms with Crippen molar-refractivity contribution in [3.63, 3.8) is 0 Å². The number of rotatable bonds is 4. The van der Waals surface area contributed by atoms with Crippen LogP contribution in [0.5, 0.6) is 5.75 Å². The molecule has 0 aliphatic heterocycles. The summed E-state index contributed by atoms with van der Waals surface area (Å²) in [6.45, 7) is 1.63. The lowest BCUT2D eigenvalue weighted by Crippen LogP contribution is -2.12. The quantitative estimate of drug-likeness (QED) is 0.691. The van der Waals surface area contributed by atoms with E-state index in [1.807, 2.05) is 0 Å². The third-order valence-corrected chi connectivity index (χ3v) is 3.00. The first-order valence-electron chi connectivity index (χ1n) is 6.21. The SMILES string of the molecule is COc1cccc(NC(=O)c2ccc(C)c([N+](=O)[O-])c2)c1. The average molecular weight is 286 g/mol. The van der Waals surface area contributed by atoms with Crippen molar-refractivity contribution in [3.05, 3.63) is 63.7 Å². The van der Waals surface area contributed by atoms with Crippen molar-refractivity contribution >= 4 is 17.3 Å². The maximum atomic E-state index is 12.1. The van der Waals surface area contributed by atoms with E-state index >= 15 is 0 Å². The van der Waals surface area contributed by atoms with Crippen molar-refractivity contribution in [1.29, 1.82) is 0 Å². The van der Waals surface area contributed by atoms with Gasteiger partial charge in [0.2, 0.25) is 0 Å². The van der Waals surface area contributed by atoms with Crippen LogP contribution in [0.3, 0.4) is 0 Å². The van der Waals surface area contributed by atoms with Gasteiger partial charge in [0.05, 0.1) is 12.0 Å². The van der Waals surface area contributed by atoms with Gasteiger partial charge in [0.25, 0.3) is 11.6 Å². The Morgan fingerprint density at radius 1 is 1.24 bits per heavy atom. The number of nitro groups is 1. The van der Waals surface area contributed by atoms with Crippen LogP contribution in [0, 0.1) is 17.0 Å². The van der Waals surface area contributed by atoms with Crippen molar-refractivity contribution in [2.24, 2.45) is 0 Å². The van der Waals surface area contributed by atoms with E-state index in [1.165, 1.54) is 13.2 Å². The number of nitrogens with one attached hydrogen (secondary N) is 1. The Balaban J connectivity index is 2.24. The largest absolute Gasteiger partial charge is 0.497 e. The molecule has 2 rings (SSSR count). The van der Waals surface area contributed by atoms with Gasteiger partial charge >= 0.3 is 0 Å². The molecule has 0 aliphatic rings. The molecule has 0 saturated heterocycles. The lowest BCUT2D eigenvalue weighted by atomic mass is 10.1. The predicted octanol–water partition coefficient (Wildman–Crippen LogP) is 3.16. The van der Waals surface area contributed by atoms with Crippen molar-refractivity contribution in [2.75, 3.05) is 12.4 Å². The summed E-state index contributed by atoms with van der Waals surface area (Å²) in [6.07, 6.45) is 0. The monoisotopic (exact) mass is 286 g/mol. The zero-order valence-corrected chi connectivity index (χ0v) is 11.6. The number of carbonyl (C=O) groups excluding carboxylic acids is 1. The van der Waals surface area contributed by atoms with Crippen molar-refractivity contribution in [1.82, 2.24) is 0 Å². The maximum absolute atomic E-state index is 12.1. The Labute approximate surface area is 121 Å². The van der Waals surface area contributed by atoms with Crippen LogP contribution in [0.25, 0.3) is 0 Å². The molecule has 0 spiro atoms. The topological polar surface area (TPSA) is 81.5 Å². The predicted molar refractivity (Wildman–Crippen MR) is 78.8 cm³/mol. The zero-order valence-electron chi connectivity index (χ0n) is 11.6. The fourth-order valence-corrected chi connectivity index (χ4v) is 1.85. The first-order chi connectivity index (χ1) is 10.0. The van der Waals surface area contributed by atoms with E-state index in [4.69, 9.17) is 4.74 Å². The fraction of sp³-hybridized carbons (Fsp3) is 0.133. The van der Waals surface area contributed by atoms with Crippen LogP contribution < -0.4 is 10.1 Å². The van der Waals surface area contributed by atoms with Crippen LogP contribution in [-0.4, -0.2) is 17.9 Å². The number of nitro benzene ring substituents is 1. The fourth-order valence-electron chi connectivity index (χ4n) is 1.85. The van der Waals surface area contributed by atoms with Crippen LogP contribution >= 0.6 is 0 Å². The second-order valence-corrected chi connectivity index (χ2v) is 4.44. The summed E-state index contributed by atoms with van der Waals surface area (Å²) in [5.74, 6) is 0.203. The molecule has 0 fully saturated rings. The number of methoxy groups -OCH3 is 1. The minimum Gasteiger partial charge on any atom is -0.497 e. The van der Waals surface area contributed by atoms with Gasteiger partial charge < -0.3 is 10.1 Å². The summed E-state index contributed by atoms with van der Waals surface area (Å²) in [6, 6.07) is 11.3. The second kappa shape index (κ2) is 6.04. The molecule has 0 aromatic heterocycles. The summed E-state index contributed by atoms with van der Waals surface area (Å²) in [7, 11) is 1.53. The van der Waals surface area contributed by atoms with E-state index in [9.17, 15) is 14.9 Å². The molecule has 108 valence electrons. The normalized spacial score (nSPS) is 10.0. The molecule has 1 amide bonds. The summed E-state index contributed by atoms with van der Waals surface area (Å²) in [4.78, 5) is 22.5. The van der Waals surface area contributed by atoms with Gasteiger partial charge in [-0.3, -0.25) is 14.9 Å². The number of nitrogens with zero attached hydrogens (tertiary/aromatic N) is 1. The van der Waals surface area contributed by atoms with E-state index in [0.29, 0.717) is 17.0 Å². The van der Waals surface area contributed by atoms with Crippen molar-refractivity contribution < 1.29 is 14.5 Å². The molecule has 6 heteroatoms. The Hall–Kier alpha value is -2.89. The van der Waals surface area contributed by atoms with Gasteiger partial charge in [-0.2, -0.15) is 0 Å². The Bertz CT molecular complexity index is 698. The molecule has 2 aromatic rings. The van der Waals surface area contributed by atoms with Gasteiger partial charge in [0, 0.05) is 28.9 Å². The first-order valence-corrected chi connectivity index (χ1v) is 6.21. The molecule has 0 unspecified atom stereocenters. The number of aryl methyl sites for hydroxylation is 1. The molecular weight excluding hydrogens is 272 g/mol. The molecule has 0 heterocycles. The van der Waals surface area contributed by atoms with Crippen LogP contribution in [0.1, 0.15) is 15.9 Å². The van der Waals surface area contributed by atoms with Crippen molar-refractivity contribution in [3.8, 4) is 5.75 Å². The molecule has 0 bridgehead atoms.